The molecule has 0 amide bonds. The summed E-state index contributed by atoms with van der Waals surface area (Å²) in [5.41, 5.74) is 0.858. The Morgan fingerprint density at radius 3 is 2.71 bits per heavy atom. The molecule has 1 aromatic carbocycles. The highest BCUT2D eigenvalue weighted by Gasteiger charge is 2.01. The molecule has 1 atom stereocenters. The third-order valence-corrected chi connectivity index (χ3v) is 1.84. The first kappa shape index (κ1) is 11.0. The van der Waals surface area contributed by atoms with Gasteiger partial charge < -0.3 is 15.2 Å². The van der Waals surface area contributed by atoms with Crippen LogP contribution in [0.1, 0.15) is 19.8 Å². The Kier molecular flexibility index (Phi) is 5.04. The number of benzene rings is 1. The zero-order chi connectivity index (χ0) is 10.2. The van der Waals surface area contributed by atoms with Crippen LogP contribution in [-0.4, -0.2) is 18.1 Å². The molecule has 0 bridgehead atoms. The predicted octanol–water partition coefficient (Wildman–Crippen LogP) is 2.19. The smallest absolute Gasteiger partial charge is 0.235 e. The number of para-hydroxylation sites is 1. The van der Waals surface area contributed by atoms with Crippen molar-refractivity contribution in [2.24, 2.45) is 0 Å². The molecule has 0 aromatic heterocycles. The van der Waals surface area contributed by atoms with Crippen molar-refractivity contribution in [2.45, 2.75) is 26.2 Å². The average molecular weight is 195 g/mol. The maximum Gasteiger partial charge on any atom is 0.235 e. The molecule has 2 N–H and O–H groups in total. The number of unbranched alkanes of at least 4 members (excludes halogenated alkanes) is 1. The number of hydrogen-bond acceptors (Lipinski definition) is 3. The van der Waals surface area contributed by atoms with E-state index in [9.17, 15) is 5.11 Å². The van der Waals surface area contributed by atoms with Crippen molar-refractivity contribution in [1.29, 1.82) is 0 Å². The van der Waals surface area contributed by atoms with Gasteiger partial charge in [-0.3, -0.25) is 0 Å². The van der Waals surface area contributed by atoms with Crippen molar-refractivity contribution >= 4 is 5.69 Å². The van der Waals surface area contributed by atoms with E-state index in [1.54, 1.807) is 0 Å². The second-order valence-electron chi connectivity index (χ2n) is 3.09. The maximum atomic E-state index is 9.40. The lowest BCUT2D eigenvalue weighted by atomic mass is 10.3. The summed E-state index contributed by atoms with van der Waals surface area (Å²) in [6.45, 7) is 2.66. The fraction of sp³-hybridized carbons (Fsp3) is 0.455. The van der Waals surface area contributed by atoms with Crippen LogP contribution in [0.2, 0.25) is 0 Å². The minimum absolute atomic E-state index is 0.581. The molecule has 0 fully saturated rings. The summed E-state index contributed by atoms with van der Waals surface area (Å²) in [6, 6.07) is 9.50. The highest BCUT2D eigenvalue weighted by atomic mass is 16.6. The molecule has 78 valence electrons. The Morgan fingerprint density at radius 2 is 2.07 bits per heavy atom. The van der Waals surface area contributed by atoms with Gasteiger partial charge in [0.25, 0.3) is 0 Å². The van der Waals surface area contributed by atoms with Crippen molar-refractivity contribution in [3.05, 3.63) is 30.3 Å². The number of hydrogen-bond donors (Lipinski definition) is 2. The van der Waals surface area contributed by atoms with Gasteiger partial charge in [-0.2, -0.15) is 0 Å². The van der Waals surface area contributed by atoms with Crippen LogP contribution in [0.15, 0.2) is 30.3 Å². The highest BCUT2D eigenvalue weighted by Crippen LogP contribution is 2.06. The topological polar surface area (TPSA) is 41.5 Å². The van der Waals surface area contributed by atoms with E-state index in [4.69, 9.17) is 4.74 Å². The largest absolute Gasteiger partial charge is 0.351 e. The SMILES string of the molecule is CCCCOC(O)Nc1ccccc1. The van der Waals surface area contributed by atoms with Crippen molar-refractivity contribution < 1.29 is 9.84 Å². The minimum Gasteiger partial charge on any atom is -0.351 e. The molecule has 3 nitrogen and oxygen atoms in total. The van der Waals surface area contributed by atoms with Crippen molar-refractivity contribution in [3.63, 3.8) is 0 Å². The summed E-state index contributed by atoms with van der Waals surface area (Å²) in [5, 5.41) is 12.2. The summed E-state index contributed by atoms with van der Waals surface area (Å²) in [7, 11) is 0. The number of ether oxygens (including phenoxy) is 1. The Hall–Kier alpha value is -1.06. The number of aliphatic hydroxyl groups is 1. The number of anilines is 1. The lowest BCUT2D eigenvalue weighted by Gasteiger charge is -2.14. The molecule has 0 aliphatic heterocycles. The third-order valence-electron chi connectivity index (χ3n) is 1.84. The first-order chi connectivity index (χ1) is 6.83. The van der Waals surface area contributed by atoms with Crippen LogP contribution >= 0.6 is 0 Å². The monoisotopic (exact) mass is 195 g/mol. The number of aliphatic hydroxyl groups excluding tert-OH is 1. The van der Waals surface area contributed by atoms with Gasteiger partial charge in [0.2, 0.25) is 6.41 Å². The predicted molar refractivity (Wildman–Crippen MR) is 56.9 cm³/mol. The van der Waals surface area contributed by atoms with Crippen LogP contribution in [0.5, 0.6) is 0 Å². The zero-order valence-electron chi connectivity index (χ0n) is 8.44. The minimum atomic E-state index is -0.913. The van der Waals surface area contributed by atoms with Crippen LogP contribution in [0, 0.1) is 0 Å². The highest BCUT2D eigenvalue weighted by molar-refractivity contribution is 5.42. The zero-order valence-corrected chi connectivity index (χ0v) is 8.44. The van der Waals surface area contributed by atoms with Crippen LogP contribution in [0.3, 0.4) is 0 Å². The molecule has 1 rings (SSSR count). The molecular formula is C11H17NO2. The summed E-state index contributed by atoms with van der Waals surface area (Å²) in [6.07, 6.45) is 1.12. The van der Waals surface area contributed by atoms with E-state index in [2.05, 4.69) is 12.2 Å². The van der Waals surface area contributed by atoms with E-state index in [-0.39, 0.29) is 0 Å². The van der Waals surface area contributed by atoms with Gasteiger partial charge >= 0.3 is 0 Å². The summed E-state index contributed by atoms with van der Waals surface area (Å²) >= 11 is 0. The molecule has 0 saturated carbocycles. The Balaban J connectivity index is 2.23. The van der Waals surface area contributed by atoms with E-state index < -0.39 is 6.41 Å². The lowest BCUT2D eigenvalue weighted by molar-refractivity contribution is -0.0787. The molecule has 0 saturated heterocycles. The van der Waals surface area contributed by atoms with Gasteiger partial charge in [-0.25, -0.2) is 0 Å². The Labute approximate surface area is 84.7 Å². The van der Waals surface area contributed by atoms with Crippen LogP contribution in [0.4, 0.5) is 5.69 Å². The quantitative estimate of drug-likeness (QED) is 0.540. The van der Waals surface area contributed by atoms with Gasteiger partial charge in [-0.1, -0.05) is 31.5 Å². The molecule has 1 aromatic rings. The van der Waals surface area contributed by atoms with Gasteiger partial charge in [0.1, 0.15) is 0 Å². The lowest BCUT2D eigenvalue weighted by Crippen LogP contribution is -2.22. The van der Waals surface area contributed by atoms with E-state index in [1.165, 1.54) is 0 Å². The molecular weight excluding hydrogens is 178 g/mol. The van der Waals surface area contributed by atoms with Crippen LogP contribution in [-0.2, 0) is 4.74 Å². The van der Waals surface area contributed by atoms with Gasteiger partial charge in [0.15, 0.2) is 0 Å². The van der Waals surface area contributed by atoms with Crippen molar-refractivity contribution in [3.8, 4) is 0 Å². The molecule has 14 heavy (non-hydrogen) atoms. The average Bonchev–Trinajstić information content (AvgIpc) is 2.20. The second-order valence-corrected chi connectivity index (χ2v) is 3.09. The maximum absolute atomic E-state index is 9.40. The molecule has 0 radical (unpaired) electrons. The summed E-state index contributed by atoms with van der Waals surface area (Å²) in [4.78, 5) is 0. The molecule has 0 aliphatic rings. The van der Waals surface area contributed by atoms with E-state index >= 15 is 0 Å². The fourth-order valence-corrected chi connectivity index (χ4v) is 1.06. The molecule has 0 heterocycles. The molecule has 0 aliphatic carbocycles. The van der Waals surface area contributed by atoms with Gasteiger partial charge in [-0.05, 0) is 18.6 Å². The normalized spacial score (nSPS) is 12.4. The molecule has 1 unspecified atom stereocenters. The van der Waals surface area contributed by atoms with Crippen LogP contribution in [0.25, 0.3) is 0 Å². The summed E-state index contributed by atoms with van der Waals surface area (Å²) < 4.78 is 5.13. The van der Waals surface area contributed by atoms with E-state index in [1.807, 2.05) is 30.3 Å². The first-order valence-corrected chi connectivity index (χ1v) is 4.94. The first-order valence-electron chi connectivity index (χ1n) is 4.94. The second kappa shape index (κ2) is 6.40. The van der Waals surface area contributed by atoms with Gasteiger partial charge in [0.05, 0.1) is 6.61 Å². The standard InChI is InChI=1S/C11H17NO2/c1-2-3-9-14-11(13)12-10-7-5-4-6-8-10/h4-8,11-13H,2-3,9H2,1H3. The molecule has 3 heteroatoms. The van der Waals surface area contributed by atoms with Crippen molar-refractivity contribution in [1.82, 2.24) is 0 Å². The molecule has 0 spiro atoms. The van der Waals surface area contributed by atoms with Gasteiger partial charge in [-0.15, -0.1) is 0 Å². The van der Waals surface area contributed by atoms with Gasteiger partial charge in [0, 0.05) is 5.69 Å². The van der Waals surface area contributed by atoms with E-state index in [0.29, 0.717) is 6.61 Å². The van der Waals surface area contributed by atoms with Crippen LogP contribution < -0.4 is 5.32 Å². The van der Waals surface area contributed by atoms with Crippen molar-refractivity contribution in [2.75, 3.05) is 11.9 Å². The fourth-order valence-electron chi connectivity index (χ4n) is 1.06. The third kappa shape index (κ3) is 4.25. The summed E-state index contributed by atoms with van der Waals surface area (Å²) in [5.74, 6) is 0. The number of rotatable bonds is 6. The number of nitrogens with one attached hydrogen (secondary N) is 1. The van der Waals surface area contributed by atoms with E-state index in [0.717, 1.165) is 18.5 Å². The Bertz CT molecular complexity index is 238. The Morgan fingerprint density at radius 1 is 1.36 bits per heavy atom.